The maximum atomic E-state index is 10.8. The maximum Gasteiger partial charge on any atom is 0.122 e. The Balaban J connectivity index is 2.76. The Bertz CT molecular complexity index is 817. The Labute approximate surface area is 163 Å². The first kappa shape index (κ1) is 20.8. The Morgan fingerprint density at radius 1 is 0.926 bits per heavy atom. The van der Waals surface area contributed by atoms with Crippen molar-refractivity contribution < 1.29 is 10.2 Å². The SMILES string of the molecule is C=CCC(C)/C=C(\C)C(c1cc(C)cc(C)c1O)c1cc(C)cc(C)c1O. The summed E-state index contributed by atoms with van der Waals surface area (Å²) >= 11 is 0. The number of hydrogen-bond acceptors (Lipinski definition) is 2. The van der Waals surface area contributed by atoms with Crippen LogP contribution in [-0.4, -0.2) is 10.2 Å². The zero-order chi connectivity index (χ0) is 20.3. The van der Waals surface area contributed by atoms with E-state index in [4.69, 9.17) is 0 Å². The van der Waals surface area contributed by atoms with Crippen LogP contribution in [-0.2, 0) is 0 Å². The van der Waals surface area contributed by atoms with Crippen molar-refractivity contribution in [2.75, 3.05) is 0 Å². The van der Waals surface area contributed by atoms with Gasteiger partial charge in [-0.2, -0.15) is 0 Å². The Morgan fingerprint density at radius 2 is 1.37 bits per heavy atom. The van der Waals surface area contributed by atoms with Gasteiger partial charge >= 0.3 is 0 Å². The predicted molar refractivity (Wildman–Crippen MR) is 115 cm³/mol. The van der Waals surface area contributed by atoms with Crippen molar-refractivity contribution in [3.63, 3.8) is 0 Å². The average molecular weight is 365 g/mol. The van der Waals surface area contributed by atoms with Gasteiger partial charge in [-0.3, -0.25) is 0 Å². The summed E-state index contributed by atoms with van der Waals surface area (Å²) in [5.41, 5.74) is 6.70. The van der Waals surface area contributed by atoms with Crippen LogP contribution in [0.4, 0.5) is 0 Å². The fourth-order valence-electron chi connectivity index (χ4n) is 3.96. The molecule has 0 saturated carbocycles. The van der Waals surface area contributed by atoms with Gasteiger partial charge < -0.3 is 10.2 Å². The van der Waals surface area contributed by atoms with Gasteiger partial charge in [0.2, 0.25) is 0 Å². The molecular formula is C25H32O2. The molecule has 0 saturated heterocycles. The van der Waals surface area contributed by atoms with Crippen LogP contribution in [0.5, 0.6) is 11.5 Å². The van der Waals surface area contributed by atoms with Crippen LogP contribution in [0.25, 0.3) is 0 Å². The van der Waals surface area contributed by atoms with Crippen LogP contribution in [0.3, 0.4) is 0 Å². The normalized spacial score (nSPS) is 13.1. The summed E-state index contributed by atoms with van der Waals surface area (Å²) in [7, 11) is 0. The van der Waals surface area contributed by atoms with Crippen LogP contribution in [0.1, 0.15) is 59.6 Å². The van der Waals surface area contributed by atoms with E-state index in [1.165, 1.54) is 0 Å². The summed E-state index contributed by atoms with van der Waals surface area (Å²) in [5.74, 6) is 0.738. The van der Waals surface area contributed by atoms with Crippen LogP contribution in [0.2, 0.25) is 0 Å². The molecule has 0 aliphatic rings. The lowest BCUT2D eigenvalue weighted by Crippen LogP contribution is -2.07. The highest BCUT2D eigenvalue weighted by Crippen LogP contribution is 2.43. The average Bonchev–Trinajstić information content (AvgIpc) is 2.56. The summed E-state index contributed by atoms with van der Waals surface area (Å²) in [6, 6.07) is 8.02. The molecule has 0 aromatic heterocycles. The first-order valence-electron chi connectivity index (χ1n) is 9.55. The second-order valence-corrected chi connectivity index (χ2v) is 7.88. The first-order chi connectivity index (χ1) is 12.6. The lowest BCUT2D eigenvalue weighted by Gasteiger charge is -2.25. The number of benzene rings is 2. The number of phenolic OH excluding ortho intramolecular Hbond substituents is 2. The zero-order valence-corrected chi connectivity index (χ0v) is 17.4. The number of hydrogen-bond donors (Lipinski definition) is 2. The molecule has 0 bridgehead atoms. The molecule has 0 heterocycles. The van der Waals surface area contributed by atoms with Gasteiger partial charge in [-0.05, 0) is 58.1 Å². The molecular weight excluding hydrogens is 332 g/mol. The molecule has 1 unspecified atom stereocenters. The smallest absolute Gasteiger partial charge is 0.122 e. The summed E-state index contributed by atoms with van der Waals surface area (Å²) in [6.07, 6.45) is 5.04. The van der Waals surface area contributed by atoms with E-state index in [1.807, 2.05) is 58.0 Å². The zero-order valence-electron chi connectivity index (χ0n) is 17.4. The predicted octanol–water partition coefficient (Wildman–Crippen LogP) is 6.62. The van der Waals surface area contributed by atoms with E-state index in [9.17, 15) is 10.2 Å². The minimum atomic E-state index is -0.200. The number of phenols is 2. The van der Waals surface area contributed by atoms with Gasteiger partial charge in [0.25, 0.3) is 0 Å². The molecule has 0 aliphatic carbocycles. The van der Waals surface area contributed by atoms with Crippen molar-refractivity contribution >= 4 is 0 Å². The molecule has 0 aliphatic heterocycles. The Kier molecular flexibility index (Phi) is 6.54. The van der Waals surface area contributed by atoms with Crippen LogP contribution in [0, 0.1) is 33.6 Å². The van der Waals surface area contributed by atoms with Crippen molar-refractivity contribution in [2.24, 2.45) is 5.92 Å². The monoisotopic (exact) mass is 364 g/mol. The van der Waals surface area contributed by atoms with Gasteiger partial charge in [-0.25, -0.2) is 0 Å². The molecule has 2 heteroatoms. The summed E-state index contributed by atoms with van der Waals surface area (Å²) < 4.78 is 0. The topological polar surface area (TPSA) is 40.5 Å². The molecule has 0 radical (unpaired) electrons. The fraction of sp³-hybridized carbons (Fsp3) is 0.360. The summed E-state index contributed by atoms with van der Waals surface area (Å²) in [4.78, 5) is 0. The minimum absolute atomic E-state index is 0.200. The molecule has 0 fully saturated rings. The van der Waals surface area contributed by atoms with Gasteiger partial charge in [-0.15, -0.1) is 6.58 Å². The molecule has 2 nitrogen and oxygen atoms in total. The molecule has 0 amide bonds. The van der Waals surface area contributed by atoms with Crippen molar-refractivity contribution in [3.8, 4) is 11.5 Å². The Hall–Kier alpha value is -2.48. The first-order valence-corrected chi connectivity index (χ1v) is 9.55. The third-order valence-corrected chi connectivity index (χ3v) is 5.11. The summed E-state index contributed by atoms with van der Waals surface area (Å²) in [6.45, 7) is 16.0. The van der Waals surface area contributed by atoms with E-state index in [2.05, 4.69) is 26.5 Å². The highest BCUT2D eigenvalue weighted by atomic mass is 16.3. The molecule has 2 aromatic carbocycles. The number of aryl methyl sites for hydroxylation is 4. The fourth-order valence-corrected chi connectivity index (χ4v) is 3.96. The van der Waals surface area contributed by atoms with E-state index in [-0.39, 0.29) is 5.92 Å². The van der Waals surface area contributed by atoms with Crippen molar-refractivity contribution in [1.82, 2.24) is 0 Å². The minimum Gasteiger partial charge on any atom is -0.507 e. The molecule has 2 aromatic rings. The van der Waals surface area contributed by atoms with Crippen LogP contribution >= 0.6 is 0 Å². The number of rotatable bonds is 6. The second-order valence-electron chi connectivity index (χ2n) is 7.88. The Morgan fingerprint density at radius 3 is 1.78 bits per heavy atom. The molecule has 0 spiro atoms. The van der Waals surface area contributed by atoms with Crippen LogP contribution < -0.4 is 0 Å². The third-order valence-electron chi connectivity index (χ3n) is 5.11. The van der Waals surface area contributed by atoms with Gasteiger partial charge in [0, 0.05) is 17.0 Å². The van der Waals surface area contributed by atoms with Gasteiger partial charge in [0.15, 0.2) is 0 Å². The highest BCUT2D eigenvalue weighted by molar-refractivity contribution is 5.56. The standard InChI is InChI=1S/C25H32O2/c1-8-9-15(2)10-18(5)23(21-13-16(3)11-19(6)24(21)26)22-14-17(4)12-20(7)25(22)27/h8,10-15,23,26-27H,1,9H2,2-7H3/b18-10+. The number of allylic oxidation sites excluding steroid dienone is 3. The summed E-state index contributed by atoms with van der Waals surface area (Å²) in [5, 5.41) is 21.7. The van der Waals surface area contributed by atoms with E-state index >= 15 is 0 Å². The molecule has 2 rings (SSSR count). The van der Waals surface area contributed by atoms with Crippen molar-refractivity contribution in [3.05, 3.63) is 82.0 Å². The molecule has 2 N–H and O–H groups in total. The van der Waals surface area contributed by atoms with Gasteiger partial charge in [0.05, 0.1) is 0 Å². The van der Waals surface area contributed by atoms with E-state index in [1.54, 1.807) is 0 Å². The lowest BCUT2D eigenvalue weighted by atomic mass is 9.80. The molecule has 27 heavy (non-hydrogen) atoms. The quantitative estimate of drug-likeness (QED) is 0.565. The highest BCUT2D eigenvalue weighted by Gasteiger charge is 2.25. The van der Waals surface area contributed by atoms with E-state index in [0.717, 1.165) is 45.4 Å². The second kappa shape index (κ2) is 8.47. The van der Waals surface area contributed by atoms with Gasteiger partial charge in [-0.1, -0.05) is 60.0 Å². The van der Waals surface area contributed by atoms with E-state index in [0.29, 0.717) is 17.4 Å². The lowest BCUT2D eigenvalue weighted by molar-refractivity contribution is 0.453. The van der Waals surface area contributed by atoms with Crippen molar-refractivity contribution in [2.45, 2.75) is 53.9 Å². The van der Waals surface area contributed by atoms with E-state index < -0.39 is 0 Å². The molecule has 1 atom stereocenters. The van der Waals surface area contributed by atoms with Crippen molar-refractivity contribution in [1.29, 1.82) is 0 Å². The maximum absolute atomic E-state index is 10.8. The largest absolute Gasteiger partial charge is 0.507 e. The van der Waals surface area contributed by atoms with Crippen LogP contribution in [0.15, 0.2) is 48.6 Å². The third kappa shape index (κ3) is 4.63. The number of aromatic hydroxyl groups is 2. The molecule has 144 valence electrons. The van der Waals surface area contributed by atoms with Gasteiger partial charge in [0.1, 0.15) is 11.5 Å².